The van der Waals surface area contributed by atoms with Crippen LogP contribution in [-0.2, 0) is 11.3 Å². The average Bonchev–Trinajstić information content (AvgIpc) is 3.43. The summed E-state index contributed by atoms with van der Waals surface area (Å²) < 4.78 is 19.6. The summed E-state index contributed by atoms with van der Waals surface area (Å²) >= 11 is 0. The van der Waals surface area contributed by atoms with Crippen LogP contribution in [0.2, 0.25) is 0 Å². The van der Waals surface area contributed by atoms with Crippen molar-refractivity contribution in [2.45, 2.75) is 13.0 Å². The Labute approximate surface area is 202 Å². The fourth-order valence-electron chi connectivity index (χ4n) is 3.89. The van der Waals surface area contributed by atoms with Crippen LogP contribution in [0.3, 0.4) is 0 Å². The summed E-state index contributed by atoms with van der Waals surface area (Å²) in [6, 6.07) is 27.5. The summed E-state index contributed by atoms with van der Waals surface area (Å²) in [6.45, 7) is 0.903. The highest BCUT2D eigenvalue weighted by Gasteiger charge is 2.18. The quantitative estimate of drug-likeness (QED) is 0.301. The van der Waals surface area contributed by atoms with Crippen LogP contribution in [0.15, 0.2) is 102 Å². The van der Waals surface area contributed by atoms with E-state index in [4.69, 9.17) is 9.40 Å². The maximum atomic E-state index is 14.0. The Morgan fingerprint density at radius 3 is 2.46 bits per heavy atom. The molecule has 2 aromatic heterocycles. The number of amides is 1. The largest absolute Gasteiger partial charge is 0.461 e. The van der Waals surface area contributed by atoms with E-state index in [2.05, 4.69) is 10.3 Å². The minimum Gasteiger partial charge on any atom is -0.461 e. The number of aromatic nitrogens is 2. The molecule has 0 spiro atoms. The zero-order valence-corrected chi connectivity index (χ0v) is 18.9. The molecule has 0 radical (unpaired) electrons. The predicted molar refractivity (Wildman–Crippen MR) is 134 cm³/mol. The number of carbonyl (C=O) groups excluding carboxylic acids is 1. The van der Waals surface area contributed by atoms with Crippen molar-refractivity contribution in [1.82, 2.24) is 9.97 Å². The number of benzene rings is 3. The second kappa shape index (κ2) is 10.2. The first-order valence-corrected chi connectivity index (χ1v) is 11.3. The normalized spacial score (nSPS) is 10.9. The monoisotopic (exact) mass is 466 g/mol. The molecule has 5 rings (SSSR count). The summed E-state index contributed by atoms with van der Waals surface area (Å²) in [6.07, 6.45) is 1.73. The van der Waals surface area contributed by atoms with Gasteiger partial charge in [0, 0.05) is 24.9 Å². The van der Waals surface area contributed by atoms with E-state index in [1.165, 1.54) is 6.07 Å². The molecule has 35 heavy (non-hydrogen) atoms. The second-order valence-electron chi connectivity index (χ2n) is 8.05. The summed E-state index contributed by atoms with van der Waals surface area (Å²) in [4.78, 5) is 24.3. The number of para-hydroxylation sites is 2. The van der Waals surface area contributed by atoms with Gasteiger partial charge in [0.25, 0.3) is 0 Å². The third-order valence-electron chi connectivity index (χ3n) is 5.60. The van der Waals surface area contributed by atoms with Crippen LogP contribution in [0.1, 0.15) is 12.0 Å². The lowest BCUT2D eigenvalue weighted by molar-refractivity contribution is -0.116. The summed E-state index contributed by atoms with van der Waals surface area (Å²) in [7, 11) is 0. The number of furan rings is 1. The number of hydrogen-bond donors (Lipinski definition) is 1. The van der Waals surface area contributed by atoms with Gasteiger partial charge in [-0.05, 0) is 42.0 Å². The van der Waals surface area contributed by atoms with Gasteiger partial charge in [-0.3, -0.25) is 4.79 Å². The number of nitrogens with zero attached hydrogens (tertiary/aromatic N) is 3. The Morgan fingerprint density at radius 1 is 0.886 bits per heavy atom. The number of halogens is 1. The van der Waals surface area contributed by atoms with Crippen LogP contribution in [0.25, 0.3) is 22.5 Å². The number of hydrogen-bond acceptors (Lipinski definition) is 5. The van der Waals surface area contributed by atoms with Crippen LogP contribution in [0.5, 0.6) is 0 Å². The number of nitrogens with one attached hydrogen (secondary N) is 1. The zero-order valence-electron chi connectivity index (χ0n) is 18.9. The van der Waals surface area contributed by atoms with Crippen LogP contribution in [0.4, 0.5) is 15.9 Å². The molecule has 0 saturated carbocycles. The third-order valence-corrected chi connectivity index (χ3v) is 5.60. The molecule has 0 fully saturated rings. The lowest BCUT2D eigenvalue weighted by Crippen LogP contribution is -2.29. The smallest absolute Gasteiger partial charge is 0.226 e. The van der Waals surface area contributed by atoms with Crippen LogP contribution >= 0.6 is 0 Å². The minimum absolute atomic E-state index is 0.148. The molecular formula is C28H23FN4O2. The van der Waals surface area contributed by atoms with Gasteiger partial charge in [-0.2, -0.15) is 0 Å². The molecule has 0 aliphatic rings. The van der Waals surface area contributed by atoms with Crippen molar-refractivity contribution < 1.29 is 13.6 Å². The number of carbonyl (C=O) groups is 1. The molecule has 0 bridgehead atoms. The first-order chi connectivity index (χ1) is 17.2. The fourth-order valence-corrected chi connectivity index (χ4v) is 3.89. The van der Waals surface area contributed by atoms with E-state index < -0.39 is 5.82 Å². The van der Waals surface area contributed by atoms with Gasteiger partial charge in [-0.25, -0.2) is 14.4 Å². The van der Waals surface area contributed by atoms with E-state index in [1.807, 2.05) is 65.6 Å². The highest BCUT2D eigenvalue weighted by molar-refractivity contribution is 5.93. The maximum Gasteiger partial charge on any atom is 0.226 e. The molecule has 0 saturated heterocycles. The van der Waals surface area contributed by atoms with Gasteiger partial charge in [0.2, 0.25) is 5.91 Å². The molecule has 6 nitrogen and oxygen atoms in total. The van der Waals surface area contributed by atoms with Gasteiger partial charge in [0.15, 0.2) is 11.6 Å². The minimum atomic E-state index is -0.466. The molecule has 0 aliphatic heterocycles. The lowest BCUT2D eigenvalue weighted by atomic mass is 10.1. The van der Waals surface area contributed by atoms with E-state index in [-0.39, 0.29) is 18.0 Å². The Balaban J connectivity index is 1.48. The summed E-state index contributed by atoms with van der Waals surface area (Å²) in [5.74, 6) is 0.987. The summed E-state index contributed by atoms with van der Waals surface area (Å²) in [5, 5.41) is 3.53. The van der Waals surface area contributed by atoms with Crippen molar-refractivity contribution in [3.05, 3.63) is 109 Å². The van der Waals surface area contributed by atoms with Gasteiger partial charge in [-0.15, -0.1) is 0 Å². The van der Waals surface area contributed by atoms with E-state index >= 15 is 0 Å². The molecule has 174 valence electrons. The molecule has 0 unspecified atom stereocenters. The van der Waals surface area contributed by atoms with Crippen LogP contribution in [-0.4, -0.2) is 22.4 Å². The van der Waals surface area contributed by atoms with Crippen molar-refractivity contribution in [1.29, 1.82) is 0 Å². The number of anilines is 2. The Bertz CT molecular complexity index is 1440. The van der Waals surface area contributed by atoms with E-state index in [0.29, 0.717) is 30.5 Å². The molecule has 0 atom stereocenters. The topological polar surface area (TPSA) is 71.3 Å². The number of fused-ring (bicyclic) bond motifs is 1. The van der Waals surface area contributed by atoms with E-state index in [9.17, 15) is 9.18 Å². The van der Waals surface area contributed by atoms with Gasteiger partial charge in [0.1, 0.15) is 11.6 Å². The zero-order chi connectivity index (χ0) is 24.0. The molecule has 5 aromatic rings. The van der Waals surface area contributed by atoms with E-state index in [1.54, 1.807) is 30.5 Å². The molecule has 1 amide bonds. The average molecular weight is 467 g/mol. The first kappa shape index (κ1) is 22.3. The second-order valence-corrected chi connectivity index (χ2v) is 8.05. The highest BCUT2D eigenvalue weighted by Crippen LogP contribution is 2.29. The van der Waals surface area contributed by atoms with Crippen molar-refractivity contribution in [3.63, 3.8) is 0 Å². The summed E-state index contributed by atoms with van der Waals surface area (Å²) in [5.41, 5.74) is 2.02. The molecule has 0 aliphatic carbocycles. The Kier molecular flexibility index (Phi) is 6.48. The van der Waals surface area contributed by atoms with E-state index in [0.717, 1.165) is 16.5 Å². The van der Waals surface area contributed by atoms with Crippen molar-refractivity contribution in [2.24, 2.45) is 0 Å². The highest BCUT2D eigenvalue weighted by atomic mass is 19.1. The van der Waals surface area contributed by atoms with Crippen molar-refractivity contribution in [2.75, 3.05) is 16.8 Å². The number of rotatable bonds is 8. The van der Waals surface area contributed by atoms with Crippen LogP contribution < -0.4 is 10.2 Å². The van der Waals surface area contributed by atoms with Gasteiger partial charge >= 0.3 is 0 Å². The molecule has 1 N–H and O–H groups in total. The molecular weight excluding hydrogens is 443 g/mol. The molecule has 3 aromatic carbocycles. The SMILES string of the molecule is O=C(CCN(Cc1ccccc1)c1nc(-c2ccco2)nc2ccccc12)Nc1ccccc1F. The first-order valence-electron chi connectivity index (χ1n) is 11.3. The van der Waals surface area contributed by atoms with Crippen molar-refractivity contribution in [3.8, 4) is 11.6 Å². The maximum absolute atomic E-state index is 14.0. The van der Waals surface area contributed by atoms with Crippen LogP contribution in [0, 0.1) is 5.82 Å². The lowest BCUT2D eigenvalue weighted by Gasteiger charge is -2.25. The van der Waals surface area contributed by atoms with Gasteiger partial charge < -0.3 is 14.6 Å². The predicted octanol–water partition coefficient (Wildman–Crippen LogP) is 6.06. The Hall–Kier alpha value is -4.52. The fraction of sp³-hybridized carbons (Fsp3) is 0.107. The van der Waals surface area contributed by atoms with Crippen molar-refractivity contribution >= 4 is 28.3 Å². The Morgan fingerprint density at radius 2 is 1.66 bits per heavy atom. The van der Waals surface area contributed by atoms with Gasteiger partial charge in [-0.1, -0.05) is 54.6 Å². The third kappa shape index (κ3) is 5.19. The van der Waals surface area contributed by atoms with Gasteiger partial charge in [0.05, 0.1) is 17.5 Å². The molecule has 7 heteroatoms. The molecule has 2 heterocycles. The standard InChI is InChI=1S/C28H23FN4O2/c29-22-12-5-7-14-24(22)30-26(34)16-17-33(19-20-9-2-1-3-10-20)28-21-11-4-6-13-23(21)31-27(32-28)25-15-8-18-35-25/h1-15,18H,16-17,19H2,(H,30,34).